The first-order valence-corrected chi connectivity index (χ1v) is 9.96. The molecule has 0 aromatic rings. The predicted molar refractivity (Wildman–Crippen MR) is 105 cm³/mol. The van der Waals surface area contributed by atoms with Gasteiger partial charge in [-0.1, -0.05) is 34.6 Å². The van der Waals surface area contributed by atoms with Gasteiger partial charge < -0.3 is 32.7 Å². The van der Waals surface area contributed by atoms with E-state index in [1.807, 2.05) is 19.9 Å². The van der Waals surface area contributed by atoms with Crippen LogP contribution in [0.4, 0.5) is 0 Å². The zero-order chi connectivity index (χ0) is 19.7. The molecule has 2 unspecified atom stereocenters. The third-order valence-electron chi connectivity index (χ3n) is 4.04. The van der Waals surface area contributed by atoms with Crippen LogP contribution in [0, 0.1) is 42.9 Å². The molecule has 0 aliphatic carbocycles. The second kappa shape index (κ2) is 21.6. The average molecular weight is 434 g/mol. The number of aliphatic hydroxyl groups excluding tert-OH is 1. The third kappa shape index (κ3) is 14.3. The van der Waals surface area contributed by atoms with Crippen molar-refractivity contribution in [1.29, 1.82) is 5.26 Å². The SMILES string of the molecule is C[C@H]1[C@H](C)[C@@H](C)C(COPOCCC#N)O[C@@H]1CO.[CH2-]CC.[CH2-]CC.[Ni+2]. The van der Waals surface area contributed by atoms with Gasteiger partial charge in [0.2, 0.25) is 0 Å². The van der Waals surface area contributed by atoms with Crippen LogP contribution in [0.25, 0.3) is 0 Å². The molecule has 0 aromatic carbocycles. The fourth-order valence-electron chi connectivity index (χ4n) is 2.32. The summed E-state index contributed by atoms with van der Waals surface area (Å²) in [6.45, 7) is 18.4. The largest absolute Gasteiger partial charge is 2.00 e. The molecule has 1 rings (SSSR count). The Morgan fingerprint density at radius 3 is 2.00 bits per heavy atom. The Hall–Kier alpha value is 0.254. The van der Waals surface area contributed by atoms with Crippen LogP contribution >= 0.6 is 9.03 Å². The van der Waals surface area contributed by atoms with Crippen LogP contribution in [0.2, 0.25) is 0 Å². The summed E-state index contributed by atoms with van der Waals surface area (Å²) in [5, 5.41) is 17.7. The molecule has 0 saturated carbocycles. The molecule has 1 saturated heterocycles. The minimum Gasteiger partial charge on any atom is -0.394 e. The van der Waals surface area contributed by atoms with Crippen molar-refractivity contribution in [3.05, 3.63) is 13.8 Å². The Morgan fingerprint density at radius 1 is 1.04 bits per heavy atom. The number of hydrogen-bond donors (Lipinski definition) is 1. The Morgan fingerprint density at radius 2 is 1.54 bits per heavy atom. The summed E-state index contributed by atoms with van der Waals surface area (Å²) in [5.41, 5.74) is 0. The van der Waals surface area contributed by atoms with Gasteiger partial charge in [0.1, 0.15) is 0 Å². The molecule has 1 aliphatic rings. The van der Waals surface area contributed by atoms with Crippen molar-refractivity contribution in [2.24, 2.45) is 17.8 Å². The van der Waals surface area contributed by atoms with Gasteiger partial charge in [-0.2, -0.15) is 18.1 Å². The topological polar surface area (TPSA) is 71.7 Å². The minimum atomic E-state index is -0.109. The third-order valence-corrected chi connectivity index (χ3v) is 4.65. The van der Waals surface area contributed by atoms with Crippen molar-refractivity contribution >= 4 is 9.03 Å². The van der Waals surface area contributed by atoms with Gasteiger partial charge in [-0.15, -0.1) is 0 Å². The molecule has 5 nitrogen and oxygen atoms in total. The standard InChI is InChI=1S/C13H24NO4P.2C3H7.Ni/c1-9-10(2)12(7-15)18-13(11(9)3)8-17-19-16-6-4-5-14;2*1-3-2;/h9-13,15,19H,4,6-8H2,1-3H3;2*1,3H2,2H3;/q;2*-1;+2/t9-,10-,11+,12+,13?;;;/m0.../s1. The summed E-state index contributed by atoms with van der Waals surface area (Å²) in [4.78, 5) is 0. The summed E-state index contributed by atoms with van der Waals surface area (Å²) in [6, 6.07) is 2.01. The Bertz CT molecular complexity index is 327. The second-order valence-corrected chi connectivity index (χ2v) is 6.87. The molecule has 0 aromatic heterocycles. The summed E-state index contributed by atoms with van der Waals surface area (Å²) in [7, 11) is -0.0587. The van der Waals surface area contributed by atoms with Crippen LogP contribution in [0.5, 0.6) is 0 Å². The van der Waals surface area contributed by atoms with Gasteiger partial charge in [0.25, 0.3) is 0 Å². The molecule has 26 heavy (non-hydrogen) atoms. The van der Waals surface area contributed by atoms with E-state index in [0.717, 1.165) is 12.8 Å². The van der Waals surface area contributed by atoms with E-state index in [1.54, 1.807) is 0 Å². The quantitative estimate of drug-likeness (QED) is 0.275. The number of hydrogen-bond acceptors (Lipinski definition) is 5. The first-order valence-electron chi connectivity index (χ1n) is 9.15. The van der Waals surface area contributed by atoms with Gasteiger partial charge in [-0.05, 0) is 17.8 Å². The monoisotopic (exact) mass is 433 g/mol. The van der Waals surface area contributed by atoms with Crippen molar-refractivity contribution in [3.63, 3.8) is 0 Å². The normalized spacial score (nSPS) is 27.4. The Balaban J connectivity index is -0.000000664. The maximum Gasteiger partial charge on any atom is 2.00 e. The fourth-order valence-corrected chi connectivity index (χ4v) is 2.83. The maximum absolute atomic E-state index is 9.33. The van der Waals surface area contributed by atoms with E-state index in [4.69, 9.17) is 19.0 Å². The molecule has 6 atom stereocenters. The van der Waals surface area contributed by atoms with Gasteiger partial charge in [0.05, 0.1) is 44.5 Å². The minimum absolute atomic E-state index is 0. The van der Waals surface area contributed by atoms with Gasteiger partial charge in [-0.25, -0.2) is 0 Å². The zero-order valence-electron chi connectivity index (χ0n) is 17.0. The van der Waals surface area contributed by atoms with Gasteiger partial charge in [-0.3, -0.25) is 0 Å². The Labute approximate surface area is 173 Å². The van der Waals surface area contributed by atoms with E-state index >= 15 is 0 Å². The summed E-state index contributed by atoms with van der Waals surface area (Å²) >= 11 is 0. The zero-order valence-corrected chi connectivity index (χ0v) is 19.0. The van der Waals surface area contributed by atoms with Gasteiger partial charge >= 0.3 is 16.5 Å². The predicted octanol–water partition coefficient (Wildman–Crippen LogP) is 4.57. The molecule has 1 aliphatic heterocycles. The van der Waals surface area contributed by atoms with E-state index in [9.17, 15) is 5.11 Å². The molecule has 0 amide bonds. The molecule has 0 radical (unpaired) electrons. The second-order valence-electron chi connectivity index (χ2n) is 6.12. The van der Waals surface area contributed by atoms with Crippen LogP contribution in [0.1, 0.15) is 53.9 Å². The van der Waals surface area contributed by atoms with Crippen molar-refractivity contribution in [1.82, 2.24) is 0 Å². The fraction of sp³-hybridized carbons (Fsp3) is 0.842. The van der Waals surface area contributed by atoms with Crippen molar-refractivity contribution < 1.29 is 35.4 Å². The summed E-state index contributed by atoms with van der Waals surface area (Å²) < 4.78 is 16.5. The summed E-state index contributed by atoms with van der Waals surface area (Å²) in [5.74, 6) is 1.23. The number of nitrogens with zero attached hydrogens (tertiary/aromatic N) is 1. The van der Waals surface area contributed by atoms with Crippen LogP contribution < -0.4 is 0 Å². The summed E-state index contributed by atoms with van der Waals surface area (Å²) in [6.07, 6.45) is 2.27. The van der Waals surface area contributed by atoms with Crippen LogP contribution in [-0.2, 0) is 30.3 Å². The van der Waals surface area contributed by atoms with Crippen molar-refractivity contribution in [2.45, 2.75) is 66.1 Å². The first kappa shape index (κ1) is 31.0. The smallest absolute Gasteiger partial charge is 0.394 e. The Kier molecular flexibility index (Phi) is 25.7. The van der Waals surface area contributed by atoms with Crippen LogP contribution in [0.15, 0.2) is 0 Å². The molecule has 1 heterocycles. The molecular weight excluding hydrogens is 396 g/mol. The molecule has 0 bridgehead atoms. The average Bonchev–Trinajstić information content (AvgIpc) is 2.59. The molecule has 7 heteroatoms. The van der Waals surface area contributed by atoms with Crippen molar-refractivity contribution in [3.8, 4) is 6.07 Å². The van der Waals surface area contributed by atoms with Gasteiger partial charge in [0, 0.05) is 0 Å². The van der Waals surface area contributed by atoms with E-state index in [1.165, 1.54) is 0 Å². The number of ether oxygens (including phenoxy) is 1. The number of rotatable bonds is 7. The van der Waals surface area contributed by atoms with E-state index < -0.39 is 0 Å². The molecular formula is C19H38NNiO4P. The van der Waals surface area contributed by atoms with Crippen LogP contribution in [-0.4, -0.2) is 37.1 Å². The van der Waals surface area contributed by atoms with Gasteiger partial charge in [0.15, 0.2) is 9.03 Å². The molecule has 158 valence electrons. The number of nitriles is 1. The van der Waals surface area contributed by atoms with E-state index in [2.05, 4.69) is 34.6 Å². The molecule has 0 spiro atoms. The van der Waals surface area contributed by atoms with Crippen LogP contribution in [0.3, 0.4) is 0 Å². The van der Waals surface area contributed by atoms with E-state index in [0.29, 0.717) is 37.4 Å². The van der Waals surface area contributed by atoms with Crippen molar-refractivity contribution in [2.75, 3.05) is 19.8 Å². The maximum atomic E-state index is 9.33. The molecule has 1 N–H and O–H groups in total. The van der Waals surface area contributed by atoms with E-state index in [-0.39, 0.29) is 44.3 Å². The first-order chi connectivity index (χ1) is 11.9. The molecule has 1 fully saturated rings. The number of aliphatic hydroxyl groups is 1.